The number of likely N-dealkylation sites (tertiary alicyclic amines) is 1. The van der Waals surface area contributed by atoms with Crippen LogP contribution in [0, 0.1) is 17.8 Å². The number of hydrogen-bond acceptors (Lipinski definition) is 5. The SMILES string of the molecule is C=CCN(C(=O)[C@@H]1[C@@H]2CC(C)C3(S2)C(C(=O)N(CC=C)C(C)(C)C)N([C@@H](CC)CO)C(=O)[C@H]13)c1ccccc1. The summed E-state index contributed by atoms with van der Waals surface area (Å²) in [7, 11) is 0. The fraction of sp³-hybridized carbons (Fsp3) is 0.581. The molecule has 0 saturated carbocycles. The number of para-hydroxylation sites is 1. The molecule has 1 spiro atoms. The van der Waals surface area contributed by atoms with Crippen molar-refractivity contribution < 1.29 is 19.5 Å². The van der Waals surface area contributed by atoms with Gasteiger partial charge in [-0.1, -0.05) is 44.2 Å². The van der Waals surface area contributed by atoms with E-state index in [0.717, 1.165) is 12.1 Å². The highest BCUT2D eigenvalue weighted by molar-refractivity contribution is 8.02. The lowest BCUT2D eigenvalue weighted by Crippen LogP contribution is -2.62. The molecule has 1 aromatic carbocycles. The maximum atomic E-state index is 14.6. The molecule has 3 fully saturated rings. The van der Waals surface area contributed by atoms with Gasteiger partial charge in [0, 0.05) is 29.6 Å². The second-order valence-electron chi connectivity index (χ2n) is 12.0. The number of carbonyl (C=O) groups is 3. The van der Waals surface area contributed by atoms with Crippen LogP contribution in [-0.4, -0.2) is 79.9 Å². The molecule has 7 nitrogen and oxygen atoms in total. The molecule has 1 aromatic rings. The quantitative estimate of drug-likeness (QED) is 0.441. The Labute approximate surface area is 237 Å². The first-order valence-corrected chi connectivity index (χ1v) is 14.9. The highest BCUT2D eigenvalue weighted by Gasteiger charge is 2.77. The molecule has 3 amide bonds. The monoisotopic (exact) mass is 553 g/mol. The van der Waals surface area contributed by atoms with Gasteiger partial charge in [-0.15, -0.1) is 24.9 Å². The number of rotatable bonds is 10. The molecule has 0 aliphatic carbocycles. The maximum Gasteiger partial charge on any atom is 0.247 e. The minimum Gasteiger partial charge on any atom is -0.394 e. The highest BCUT2D eigenvalue weighted by Crippen LogP contribution is 2.69. The third kappa shape index (κ3) is 4.63. The summed E-state index contributed by atoms with van der Waals surface area (Å²) in [6, 6.07) is 8.21. The normalized spacial score (nSPS) is 30.2. The molecule has 1 N–H and O–H groups in total. The Balaban J connectivity index is 1.84. The molecule has 3 saturated heterocycles. The van der Waals surface area contributed by atoms with Crippen molar-refractivity contribution in [1.82, 2.24) is 9.80 Å². The number of hydrogen-bond donors (Lipinski definition) is 1. The van der Waals surface area contributed by atoms with E-state index in [4.69, 9.17) is 0 Å². The van der Waals surface area contributed by atoms with Gasteiger partial charge in [-0.25, -0.2) is 0 Å². The number of amides is 3. The lowest BCUT2D eigenvalue weighted by Gasteiger charge is -2.45. The number of carbonyl (C=O) groups excluding carboxylic acids is 3. The maximum absolute atomic E-state index is 14.6. The van der Waals surface area contributed by atoms with Gasteiger partial charge >= 0.3 is 0 Å². The summed E-state index contributed by atoms with van der Waals surface area (Å²) in [5, 5.41) is 10.3. The van der Waals surface area contributed by atoms with E-state index in [1.54, 1.807) is 38.6 Å². The van der Waals surface area contributed by atoms with E-state index in [0.29, 0.717) is 19.5 Å². The minimum absolute atomic E-state index is 0.0516. The van der Waals surface area contributed by atoms with Crippen LogP contribution < -0.4 is 4.90 Å². The number of thioether (sulfide) groups is 1. The number of aliphatic hydroxyl groups is 1. The molecule has 2 bridgehead atoms. The Morgan fingerprint density at radius 3 is 2.36 bits per heavy atom. The molecule has 0 aromatic heterocycles. The summed E-state index contributed by atoms with van der Waals surface area (Å²) in [4.78, 5) is 48.5. The minimum atomic E-state index is -0.765. The van der Waals surface area contributed by atoms with Crippen molar-refractivity contribution in [2.75, 3.05) is 24.6 Å². The highest BCUT2D eigenvalue weighted by atomic mass is 32.2. The van der Waals surface area contributed by atoms with Crippen LogP contribution >= 0.6 is 11.8 Å². The van der Waals surface area contributed by atoms with Gasteiger partial charge in [0.2, 0.25) is 17.7 Å². The van der Waals surface area contributed by atoms with E-state index in [-0.39, 0.29) is 35.5 Å². The molecule has 0 radical (unpaired) electrons. The molecule has 212 valence electrons. The van der Waals surface area contributed by atoms with Crippen LogP contribution in [0.4, 0.5) is 5.69 Å². The van der Waals surface area contributed by atoms with Crippen LogP contribution in [0.2, 0.25) is 0 Å². The average molecular weight is 554 g/mol. The van der Waals surface area contributed by atoms with Crippen LogP contribution in [0.5, 0.6) is 0 Å². The van der Waals surface area contributed by atoms with E-state index in [1.165, 1.54) is 0 Å². The van der Waals surface area contributed by atoms with E-state index < -0.39 is 34.2 Å². The molecular weight excluding hydrogens is 510 g/mol. The van der Waals surface area contributed by atoms with Crippen molar-refractivity contribution in [2.45, 2.75) is 75.1 Å². The summed E-state index contributed by atoms with van der Waals surface area (Å²) in [5.41, 5.74) is 0.266. The number of fused-ring (bicyclic) bond motifs is 1. The molecule has 3 unspecified atom stereocenters. The number of nitrogens with zero attached hydrogens (tertiary/aromatic N) is 3. The standard InChI is InChI=1S/C31H43N3O4S/c1-8-16-32(22-14-12-11-13-15-22)27(36)24-23-18-20(4)31(39-23)25(24)28(37)34(21(10-3)19-35)26(31)29(38)33(17-9-2)30(5,6)7/h8-9,11-15,20-21,23-26,35H,1-2,10,16-19H2,3-7H3/t20?,21-,23-,24+,25-,26?,31?/m0/s1. The van der Waals surface area contributed by atoms with Crippen molar-refractivity contribution in [2.24, 2.45) is 17.8 Å². The molecule has 39 heavy (non-hydrogen) atoms. The molecule has 4 rings (SSSR count). The van der Waals surface area contributed by atoms with Crippen LogP contribution in [0.25, 0.3) is 0 Å². The van der Waals surface area contributed by atoms with E-state index >= 15 is 0 Å². The zero-order chi connectivity index (χ0) is 28.7. The van der Waals surface area contributed by atoms with Crippen LogP contribution in [-0.2, 0) is 14.4 Å². The first-order chi connectivity index (χ1) is 18.5. The Kier molecular flexibility index (Phi) is 8.39. The number of aliphatic hydroxyl groups excluding tert-OH is 1. The third-order valence-electron chi connectivity index (χ3n) is 8.81. The van der Waals surface area contributed by atoms with Crippen LogP contribution in [0.15, 0.2) is 55.6 Å². The predicted octanol–water partition coefficient (Wildman–Crippen LogP) is 4.13. The molecule has 3 aliphatic rings. The Morgan fingerprint density at radius 1 is 1.18 bits per heavy atom. The van der Waals surface area contributed by atoms with E-state index in [9.17, 15) is 19.5 Å². The van der Waals surface area contributed by atoms with Crippen molar-refractivity contribution in [3.05, 3.63) is 55.6 Å². The lowest BCUT2D eigenvalue weighted by molar-refractivity contribution is -0.148. The third-order valence-corrected chi connectivity index (χ3v) is 10.9. The molecular formula is C31H43N3O4S. The van der Waals surface area contributed by atoms with Crippen molar-refractivity contribution in [1.29, 1.82) is 0 Å². The van der Waals surface area contributed by atoms with Gasteiger partial charge in [0.05, 0.1) is 29.2 Å². The van der Waals surface area contributed by atoms with E-state index in [1.807, 2.05) is 58.0 Å². The van der Waals surface area contributed by atoms with Gasteiger partial charge in [-0.2, -0.15) is 0 Å². The molecule has 8 heteroatoms. The van der Waals surface area contributed by atoms with Gasteiger partial charge in [-0.05, 0) is 51.7 Å². The summed E-state index contributed by atoms with van der Waals surface area (Å²) < 4.78 is -0.747. The fourth-order valence-electron chi connectivity index (χ4n) is 7.04. The summed E-state index contributed by atoms with van der Waals surface area (Å²) in [6.07, 6.45) is 4.68. The van der Waals surface area contributed by atoms with Gasteiger partial charge < -0.3 is 19.8 Å². The first kappa shape index (κ1) is 29.4. The molecule has 3 heterocycles. The fourth-order valence-corrected chi connectivity index (χ4v) is 9.43. The summed E-state index contributed by atoms with van der Waals surface area (Å²) >= 11 is 1.66. The predicted molar refractivity (Wildman–Crippen MR) is 157 cm³/mol. The second-order valence-corrected chi connectivity index (χ2v) is 13.6. The Morgan fingerprint density at radius 2 is 1.82 bits per heavy atom. The lowest BCUT2D eigenvalue weighted by atomic mass is 9.65. The zero-order valence-corrected chi connectivity index (χ0v) is 24.7. The van der Waals surface area contributed by atoms with Gasteiger partial charge in [0.15, 0.2) is 0 Å². The summed E-state index contributed by atoms with van der Waals surface area (Å²) in [6.45, 7) is 18.2. The molecule has 7 atom stereocenters. The van der Waals surface area contributed by atoms with Gasteiger partial charge in [0.25, 0.3) is 0 Å². The topological polar surface area (TPSA) is 81.2 Å². The van der Waals surface area contributed by atoms with Gasteiger partial charge in [-0.3, -0.25) is 14.4 Å². The van der Waals surface area contributed by atoms with Crippen molar-refractivity contribution in [3.63, 3.8) is 0 Å². The molecule has 3 aliphatic heterocycles. The number of anilines is 1. The van der Waals surface area contributed by atoms with Crippen molar-refractivity contribution in [3.8, 4) is 0 Å². The van der Waals surface area contributed by atoms with Crippen LogP contribution in [0.1, 0.15) is 47.5 Å². The van der Waals surface area contributed by atoms with Gasteiger partial charge in [0.1, 0.15) is 6.04 Å². The summed E-state index contributed by atoms with van der Waals surface area (Å²) in [5.74, 6) is -1.57. The Bertz CT molecular complexity index is 1110. The second kappa shape index (κ2) is 11.1. The smallest absolute Gasteiger partial charge is 0.247 e. The van der Waals surface area contributed by atoms with E-state index in [2.05, 4.69) is 20.1 Å². The first-order valence-electron chi connectivity index (χ1n) is 14.0. The average Bonchev–Trinajstić information content (AvgIpc) is 3.50. The largest absolute Gasteiger partial charge is 0.394 e. The van der Waals surface area contributed by atoms with Crippen LogP contribution in [0.3, 0.4) is 0 Å². The Hall–Kier alpha value is -2.58. The number of benzene rings is 1. The zero-order valence-electron chi connectivity index (χ0n) is 23.9. The van der Waals surface area contributed by atoms with Crippen molar-refractivity contribution >= 4 is 35.2 Å².